The second-order valence-corrected chi connectivity index (χ2v) is 4.26. The Bertz CT molecular complexity index is 535. The number of methoxy groups -OCH3 is 1. The third-order valence-electron chi connectivity index (χ3n) is 2.57. The van der Waals surface area contributed by atoms with Gasteiger partial charge in [0.1, 0.15) is 5.82 Å². The summed E-state index contributed by atoms with van der Waals surface area (Å²) in [5, 5.41) is 9.59. The number of nitrogens with one attached hydrogen (secondary N) is 1. The van der Waals surface area contributed by atoms with Crippen molar-refractivity contribution in [1.29, 1.82) is 0 Å². The van der Waals surface area contributed by atoms with Gasteiger partial charge in [-0.2, -0.15) is 0 Å². The second-order valence-electron chi connectivity index (χ2n) is 4.26. The molecule has 8 nitrogen and oxygen atoms in total. The molecule has 0 aromatic carbocycles. The van der Waals surface area contributed by atoms with Crippen molar-refractivity contribution in [3.63, 3.8) is 0 Å². The number of nitrogens with zero attached hydrogens (tertiary/aromatic N) is 2. The minimum atomic E-state index is -0.890. The van der Waals surface area contributed by atoms with Crippen LogP contribution in [0.2, 0.25) is 0 Å². The summed E-state index contributed by atoms with van der Waals surface area (Å²) in [4.78, 5) is 27.2. The molecule has 0 spiro atoms. The van der Waals surface area contributed by atoms with Crippen LogP contribution in [0.25, 0.3) is 0 Å². The van der Waals surface area contributed by atoms with Gasteiger partial charge in [-0.25, -0.2) is 15.2 Å². The van der Waals surface area contributed by atoms with E-state index in [2.05, 4.69) is 15.1 Å². The van der Waals surface area contributed by atoms with Gasteiger partial charge >= 0.3 is 5.97 Å². The number of ether oxygens (including phenoxy) is 1. The topological polar surface area (TPSA) is 119 Å². The number of hydrogen-bond acceptors (Lipinski definition) is 7. The van der Waals surface area contributed by atoms with Crippen molar-refractivity contribution in [3.8, 4) is 5.75 Å². The molecule has 18 heavy (non-hydrogen) atoms. The summed E-state index contributed by atoms with van der Waals surface area (Å²) < 4.78 is 5.56. The van der Waals surface area contributed by atoms with E-state index < -0.39 is 28.5 Å². The molecule has 4 N–H and O–H groups in total. The third-order valence-corrected chi connectivity index (χ3v) is 2.57. The van der Waals surface area contributed by atoms with Gasteiger partial charge < -0.3 is 9.84 Å². The third kappa shape index (κ3) is 2.20. The van der Waals surface area contributed by atoms with Gasteiger partial charge in [-0.15, -0.1) is 0 Å². The molecule has 8 heteroatoms. The number of aromatic nitrogens is 2. The minimum Gasteiger partial charge on any atom is -0.501 e. The zero-order valence-corrected chi connectivity index (χ0v) is 10.6. The summed E-state index contributed by atoms with van der Waals surface area (Å²) in [6.07, 6.45) is 0. The molecule has 0 radical (unpaired) electrons. The first kappa shape index (κ1) is 14.1. The Morgan fingerprint density at radius 3 is 2.56 bits per heavy atom. The van der Waals surface area contributed by atoms with E-state index in [0.717, 1.165) is 11.7 Å². The first-order valence-electron chi connectivity index (χ1n) is 5.12. The Kier molecular flexibility index (Phi) is 3.73. The molecule has 0 amide bonds. The molecule has 1 heterocycles. The van der Waals surface area contributed by atoms with Crippen molar-refractivity contribution >= 4 is 5.97 Å². The fraction of sp³-hybridized carbons (Fsp3) is 0.500. The number of carbonyl (C=O) groups is 1. The van der Waals surface area contributed by atoms with Gasteiger partial charge in [0.15, 0.2) is 5.69 Å². The van der Waals surface area contributed by atoms with E-state index in [0.29, 0.717) is 0 Å². The van der Waals surface area contributed by atoms with Crippen LogP contribution in [0, 0.1) is 0 Å². The lowest BCUT2D eigenvalue weighted by atomic mass is 10.1. The average molecular weight is 256 g/mol. The van der Waals surface area contributed by atoms with Gasteiger partial charge in [0.2, 0.25) is 5.75 Å². The van der Waals surface area contributed by atoms with E-state index in [1.165, 1.54) is 7.05 Å². The first-order valence-corrected chi connectivity index (χ1v) is 5.12. The Morgan fingerprint density at radius 1 is 1.56 bits per heavy atom. The van der Waals surface area contributed by atoms with Crippen LogP contribution < -0.4 is 16.8 Å². The highest BCUT2D eigenvalue weighted by molar-refractivity contribution is 5.89. The second kappa shape index (κ2) is 4.75. The predicted octanol–water partition coefficient (Wildman–Crippen LogP) is -1.03. The largest absolute Gasteiger partial charge is 0.501 e. The molecule has 0 aliphatic carbocycles. The molecule has 0 unspecified atom stereocenters. The summed E-state index contributed by atoms with van der Waals surface area (Å²) in [5.74, 6) is 3.93. The highest BCUT2D eigenvalue weighted by atomic mass is 16.5. The average Bonchev–Trinajstić information content (AvgIpc) is 2.35. The number of rotatable bonds is 3. The van der Waals surface area contributed by atoms with Gasteiger partial charge in [0.25, 0.3) is 5.56 Å². The molecule has 0 saturated heterocycles. The molecule has 0 fully saturated rings. The fourth-order valence-electron chi connectivity index (χ4n) is 1.45. The maximum atomic E-state index is 11.8. The number of esters is 1. The van der Waals surface area contributed by atoms with Crippen LogP contribution in [0.5, 0.6) is 5.75 Å². The molecule has 0 atom stereocenters. The molecule has 100 valence electrons. The lowest BCUT2D eigenvalue weighted by Gasteiger charge is -2.25. The summed E-state index contributed by atoms with van der Waals surface area (Å²) >= 11 is 0. The molecule has 0 aliphatic rings. The molecule has 0 aliphatic heterocycles. The van der Waals surface area contributed by atoms with Crippen molar-refractivity contribution < 1.29 is 14.6 Å². The summed E-state index contributed by atoms with van der Waals surface area (Å²) in [6, 6.07) is 0. The van der Waals surface area contributed by atoms with E-state index in [1.807, 2.05) is 0 Å². The number of carbonyl (C=O) groups excluding carboxylic acids is 1. The van der Waals surface area contributed by atoms with Crippen molar-refractivity contribution in [1.82, 2.24) is 15.0 Å². The predicted molar refractivity (Wildman–Crippen MR) is 62.8 cm³/mol. The first-order chi connectivity index (χ1) is 8.26. The quantitative estimate of drug-likeness (QED) is 0.359. The molecular weight excluding hydrogens is 240 g/mol. The Hall–Kier alpha value is -1.93. The zero-order chi connectivity index (χ0) is 14.1. The lowest BCUT2D eigenvalue weighted by Crippen LogP contribution is -2.46. The lowest BCUT2D eigenvalue weighted by molar-refractivity contribution is 0.0588. The highest BCUT2D eigenvalue weighted by Crippen LogP contribution is 2.18. The van der Waals surface area contributed by atoms with Crippen LogP contribution in [0.3, 0.4) is 0 Å². The zero-order valence-electron chi connectivity index (χ0n) is 10.6. The molecule has 0 saturated carbocycles. The van der Waals surface area contributed by atoms with Crippen LogP contribution >= 0.6 is 0 Å². The van der Waals surface area contributed by atoms with Crippen LogP contribution in [0.1, 0.15) is 30.2 Å². The van der Waals surface area contributed by atoms with E-state index in [1.54, 1.807) is 13.8 Å². The molecule has 0 bridgehead atoms. The number of nitrogens with two attached hydrogens (primary N) is 1. The Balaban J connectivity index is 3.61. The van der Waals surface area contributed by atoms with Crippen molar-refractivity contribution in [3.05, 3.63) is 21.9 Å². The van der Waals surface area contributed by atoms with Crippen LogP contribution in [-0.2, 0) is 17.3 Å². The van der Waals surface area contributed by atoms with Gasteiger partial charge in [-0.3, -0.25) is 15.2 Å². The minimum absolute atomic E-state index is 0.202. The van der Waals surface area contributed by atoms with E-state index >= 15 is 0 Å². The van der Waals surface area contributed by atoms with Crippen molar-refractivity contribution in [2.45, 2.75) is 19.4 Å². The molecular formula is C10H16N4O4. The standard InChI is InChI=1S/C10H16N4O4/c1-10(2,13-11)9-12-5(8(17)18-4)6(15)7(16)14(9)3/h13,15H,11H2,1-4H3. The number of hydrazine groups is 1. The van der Waals surface area contributed by atoms with E-state index in [-0.39, 0.29) is 5.82 Å². The SMILES string of the molecule is COC(=O)c1nc(C(C)(C)NN)n(C)c(=O)c1O. The molecule has 1 aromatic heterocycles. The van der Waals surface area contributed by atoms with E-state index in [4.69, 9.17) is 5.84 Å². The van der Waals surface area contributed by atoms with Gasteiger partial charge in [0.05, 0.1) is 12.6 Å². The van der Waals surface area contributed by atoms with Gasteiger partial charge in [-0.05, 0) is 13.8 Å². The maximum Gasteiger partial charge on any atom is 0.360 e. The smallest absolute Gasteiger partial charge is 0.360 e. The monoisotopic (exact) mass is 256 g/mol. The maximum absolute atomic E-state index is 11.8. The summed E-state index contributed by atoms with van der Waals surface area (Å²) in [6.45, 7) is 3.35. The Morgan fingerprint density at radius 2 is 2.11 bits per heavy atom. The van der Waals surface area contributed by atoms with Crippen molar-refractivity contribution in [2.24, 2.45) is 12.9 Å². The van der Waals surface area contributed by atoms with Crippen molar-refractivity contribution in [2.75, 3.05) is 7.11 Å². The van der Waals surface area contributed by atoms with Gasteiger partial charge in [-0.1, -0.05) is 0 Å². The summed E-state index contributed by atoms with van der Waals surface area (Å²) in [7, 11) is 2.55. The van der Waals surface area contributed by atoms with Crippen LogP contribution in [-0.4, -0.2) is 27.7 Å². The van der Waals surface area contributed by atoms with Gasteiger partial charge in [0, 0.05) is 7.05 Å². The molecule has 1 aromatic rings. The van der Waals surface area contributed by atoms with Crippen LogP contribution in [0.15, 0.2) is 4.79 Å². The highest BCUT2D eigenvalue weighted by Gasteiger charge is 2.28. The Labute approximate surface area is 103 Å². The number of hydrogen-bond donors (Lipinski definition) is 3. The number of aromatic hydroxyl groups is 1. The summed E-state index contributed by atoms with van der Waals surface area (Å²) in [5.41, 5.74) is 0.438. The normalized spacial score (nSPS) is 11.4. The molecule has 1 rings (SSSR count). The van der Waals surface area contributed by atoms with E-state index in [9.17, 15) is 14.7 Å². The van der Waals surface area contributed by atoms with Crippen LogP contribution in [0.4, 0.5) is 0 Å². The fourth-order valence-corrected chi connectivity index (χ4v) is 1.45.